The van der Waals surface area contributed by atoms with Gasteiger partial charge in [-0.05, 0) is 42.5 Å². The molecule has 0 saturated carbocycles. The van der Waals surface area contributed by atoms with Gasteiger partial charge in [0.15, 0.2) is 5.96 Å². The van der Waals surface area contributed by atoms with Crippen molar-refractivity contribution in [2.75, 3.05) is 20.6 Å². The van der Waals surface area contributed by atoms with Crippen molar-refractivity contribution in [2.45, 2.75) is 31.8 Å². The molecular weight excluding hydrogens is 455 g/mol. The first-order valence-corrected chi connectivity index (χ1v) is 8.96. The number of guanidine groups is 1. The standard InChI is InChI=1S/C20H26N4O2.HI/c1-24(2)19(25)14-22-20(21-13-18-8-5-11-26-18)23-17-10-9-15-6-3-4-7-16(15)12-17;/h3-8,11,17H,9-10,12-14H2,1-2H3,(H2,21,22,23);1H. The first-order chi connectivity index (χ1) is 12.6. The smallest absolute Gasteiger partial charge is 0.243 e. The number of fused-ring (bicyclic) bond motifs is 1. The van der Waals surface area contributed by atoms with Gasteiger partial charge in [0.1, 0.15) is 12.3 Å². The molecule has 1 amide bonds. The maximum absolute atomic E-state index is 11.9. The molecule has 6 nitrogen and oxygen atoms in total. The zero-order valence-corrected chi connectivity index (χ0v) is 18.1. The number of likely N-dealkylation sites (N-methyl/N-ethyl adjacent to an activating group) is 1. The van der Waals surface area contributed by atoms with Crippen LogP contribution >= 0.6 is 24.0 Å². The van der Waals surface area contributed by atoms with E-state index in [2.05, 4.69) is 39.9 Å². The van der Waals surface area contributed by atoms with Crippen LogP contribution in [-0.4, -0.2) is 43.4 Å². The average molecular weight is 482 g/mol. The third kappa shape index (κ3) is 6.27. The van der Waals surface area contributed by atoms with E-state index in [0.717, 1.165) is 25.0 Å². The second-order valence-electron chi connectivity index (χ2n) is 6.74. The zero-order valence-electron chi connectivity index (χ0n) is 15.8. The summed E-state index contributed by atoms with van der Waals surface area (Å²) in [5.41, 5.74) is 2.81. The first-order valence-electron chi connectivity index (χ1n) is 8.96. The highest BCUT2D eigenvalue weighted by Gasteiger charge is 2.19. The van der Waals surface area contributed by atoms with Crippen molar-refractivity contribution in [3.8, 4) is 0 Å². The molecule has 0 aliphatic heterocycles. The summed E-state index contributed by atoms with van der Waals surface area (Å²) in [5, 5.41) is 6.74. The van der Waals surface area contributed by atoms with E-state index >= 15 is 0 Å². The summed E-state index contributed by atoms with van der Waals surface area (Å²) in [6.45, 7) is 0.641. The monoisotopic (exact) mass is 482 g/mol. The van der Waals surface area contributed by atoms with E-state index in [1.165, 1.54) is 11.1 Å². The fourth-order valence-electron chi connectivity index (χ4n) is 3.04. The Kier molecular flexibility index (Phi) is 8.15. The minimum atomic E-state index is -0.0295. The van der Waals surface area contributed by atoms with Crippen LogP contribution in [0.3, 0.4) is 0 Å². The Bertz CT molecular complexity index is 759. The van der Waals surface area contributed by atoms with Gasteiger partial charge in [-0.3, -0.25) is 4.79 Å². The van der Waals surface area contributed by atoms with Crippen LogP contribution in [0.2, 0.25) is 0 Å². The molecule has 27 heavy (non-hydrogen) atoms. The lowest BCUT2D eigenvalue weighted by Gasteiger charge is -2.27. The Balaban J connectivity index is 0.00000261. The number of hydrogen-bond donors (Lipinski definition) is 2. The van der Waals surface area contributed by atoms with Crippen molar-refractivity contribution in [3.05, 3.63) is 59.5 Å². The molecule has 0 radical (unpaired) electrons. The number of aryl methyl sites for hydroxylation is 1. The van der Waals surface area contributed by atoms with Gasteiger partial charge in [-0.15, -0.1) is 24.0 Å². The number of furan rings is 1. The topological polar surface area (TPSA) is 69.9 Å². The van der Waals surface area contributed by atoms with Crippen LogP contribution in [0.4, 0.5) is 0 Å². The summed E-state index contributed by atoms with van der Waals surface area (Å²) in [7, 11) is 3.47. The van der Waals surface area contributed by atoms with Gasteiger partial charge >= 0.3 is 0 Å². The Morgan fingerprint density at radius 3 is 2.70 bits per heavy atom. The highest BCUT2D eigenvalue weighted by atomic mass is 127. The highest BCUT2D eigenvalue weighted by Crippen LogP contribution is 2.20. The minimum absolute atomic E-state index is 0. The molecule has 0 fully saturated rings. The SMILES string of the molecule is CN(C)C(=O)CN=C(NCc1ccco1)NC1CCc2ccccc2C1.I. The largest absolute Gasteiger partial charge is 0.467 e. The van der Waals surface area contributed by atoms with Gasteiger partial charge in [0, 0.05) is 20.1 Å². The van der Waals surface area contributed by atoms with E-state index < -0.39 is 0 Å². The fourth-order valence-corrected chi connectivity index (χ4v) is 3.04. The summed E-state index contributed by atoms with van der Waals surface area (Å²) in [4.78, 5) is 17.9. The predicted octanol–water partition coefficient (Wildman–Crippen LogP) is 2.58. The van der Waals surface area contributed by atoms with Gasteiger partial charge < -0.3 is 20.0 Å². The highest BCUT2D eigenvalue weighted by molar-refractivity contribution is 14.0. The Morgan fingerprint density at radius 2 is 2.00 bits per heavy atom. The van der Waals surface area contributed by atoms with Crippen LogP contribution in [0, 0.1) is 0 Å². The number of benzene rings is 1. The predicted molar refractivity (Wildman–Crippen MR) is 117 cm³/mol. The first kappa shape index (κ1) is 21.3. The quantitative estimate of drug-likeness (QED) is 0.391. The molecule has 0 saturated heterocycles. The molecule has 2 aromatic rings. The lowest BCUT2D eigenvalue weighted by atomic mass is 9.88. The van der Waals surface area contributed by atoms with E-state index in [1.54, 1.807) is 25.3 Å². The van der Waals surface area contributed by atoms with Crippen molar-refractivity contribution >= 4 is 35.8 Å². The van der Waals surface area contributed by atoms with Gasteiger partial charge in [-0.1, -0.05) is 24.3 Å². The molecule has 0 bridgehead atoms. The van der Waals surface area contributed by atoms with Crippen LogP contribution in [0.15, 0.2) is 52.1 Å². The Hall–Kier alpha value is -2.03. The van der Waals surface area contributed by atoms with E-state index in [4.69, 9.17) is 4.42 Å². The molecule has 1 atom stereocenters. The van der Waals surface area contributed by atoms with Crippen molar-refractivity contribution in [2.24, 2.45) is 4.99 Å². The molecule has 1 aliphatic carbocycles. The van der Waals surface area contributed by atoms with Crippen LogP contribution < -0.4 is 10.6 Å². The summed E-state index contributed by atoms with van der Waals surface area (Å²) < 4.78 is 5.36. The number of hydrogen-bond acceptors (Lipinski definition) is 3. The van der Waals surface area contributed by atoms with Crippen LogP contribution in [0.1, 0.15) is 23.3 Å². The maximum atomic E-state index is 11.9. The van der Waals surface area contributed by atoms with Gasteiger partial charge in [-0.25, -0.2) is 4.99 Å². The molecular formula is C20H27IN4O2. The second kappa shape index (κ2) is 10.3. The molecule has 3 rings (SSSR count). The van der Waals surface area contributed by atoms with E-state index in [1.807, 2.05) is 12.1 Å². The maximum Gasteiger partial charge on any atom is 0.243 e. The molecule has 146 valence electrons. The fraction of sp³-hybridized carbons (Fsp3) is 0.400. The van der Waals surface area contributed by atoms with E-state index in [0.29, 0.717) is 18.5 Å². The Labute approximate surface area is 177 Å². The number of nitrogens with one attached hydrogen (secondary N) is 2. The summed E-state index contributed by atoms with van der Waals surface area (Å²) >= 11 is 0. The van der Waals surface area contributed by atoms with E-state index in [-0.39, 0.29) is 36.4 Å². The number of carbonyl (C=O) groups excluding carboxylic acids is 1. The molecule has 2 N–H and O–H groups in total. The van der Waals surface area contributed by atoms with E-state index in [9.17, 15) is 4.79 Å². The molecule has 7 heteroatoms. The number of aliphatic imine (C=N–C) groups is 1. The van der Waals surface area contributed by atoms with Crippen LogP contribution in [0.25, 0.3) is 0 Å². The number of nitrogens with zero attached hydrogens (tertiary/aromatic N) is 2. The molecule has 1 unspecified atom stereocenters. The third-order valence-corrected chi connectivity index (χ3v) is 4.57. The normalized spacial score (nSPS) is 16.1. The van der Waals surface area contributed by atoms with Crippen molar-refractivity contribution in [1.82, 2.24) is 15.5 Å². The number of carbonyl (C=O) groups is 1. The summed E-state index contributed by atoms with van der Waals surface area (Å²) in [6, 6.07) is 12.6. The Morgan fingerprint density at radius 1 is 1.22 bits per heavy atom. The third-order valence-electron chi connectivity index (χ3n) is 4.57. The summed E-state index contributed by atoms with van der Waals surface area (Å²) in [6.07, 6.45) is 4.70. The van der Waals surface area contributed by atoms with Gasteiger partial charge in [0.25, 0.3) is 0 Å². The number of halogens is 1. The van der Waals surface area contributed by atoms with Crippen molar-refractivity contribution < 1.29 is 9.21 Å². The van der Waals surface area contributed by atoms with Crippen molar-refractivity contribution in [1.29, 1.82) is 0 Å². The molecule has 0 spiro atoms. The average Bonchev–Trinajstić information content (AvgIpc) is 3.17. The van der Waals surface area contributed by atoms with Gasteiger partial charge in [0.2, 0.25) is 5.91 Å². The summed E-state index contributed by atoms with van der Waals surface area (Å²) in [5.74, 6) is 1.44. The lowest BCUT2D eigenvalue weighted by Crippen LogP contribution is -2.46. The molecule has 1 aliphatic rings. The molecule has 1 heterocycles. The minimum Gasteiger partial charge on any atom is -0.467 e. The van der Waals surface area contributed by atoms with Crippen LogP contribution in [-0.2, 0) is 24.2 Å². The number of rotatable bonds is 5. The van der Waals surface area contributed by atoms with Gasteiger partial charge in [0.05, 0.1) is 12.8 Å². The van der Waals surface area contributed by atoms with Gasteiger partial charge in [-0.2, -0.15) is 0 Å². The van der Waals surface area contributed by atoms with Crippen LogP contribution in [0.5, 0.6) is 0 Å². The molecule has 1 aromatic carbocycles. The number of amides is 1. The lowest BCUT2D eigenvalue weighted by molar-refractivity contribution is -0.127. The molecule has 1 aromatic heterocycles. The second-order valence-corrected chi connectivity index (χ2v) is 6.74. The zero-order chi connectivity index (χ0) is 18.4. The van der Waals surface area contributed by atoms with Crippen molar-refractivity contribution in [3.63, 3.8) is 0 Å².